The van der Waals surface area contributed by atoms with E-state index in [1.54, 1.807) is 18.3 Å². The molecule has 18 heavy (non-hydrogen) atoms. The summed E-state index contributed by atoms with van der Waals surface area (Å²) in [5.41, 5.74) is 9.73. The predicted molar refractivity (Wildman–Crippen MR) is 72.5 cm³/mol. The minimum Gasteiger partial charge on any atom is -0.399 e. The summed E-state index contributed by atoms with van der Waals surface area (Å²) in [6, 6.07) is 7.19. The fourth-order valence-electron chi connectivity index (χ4n) is 1.66. The lowest BCUT2D eigenvalue weighted by Crippen LogP contribution is -2.13. The molecular weight excluding hydrogens is 226 g/mol. The van der Waals surface area contributed by atoms with Crippen LogP contribution in [0.15, 0.2) is 36.7 Å². The molecule has 2 aromatic rings. The summed E-state index contributed by atoms with van der Waals surface area (Å²) in [6.45, 7) is 3.82. The maximum absolute atomic E-state index is 12.0. The first-order chi connectivity index (χ1) is 8.58. The van der Waals surface area contributed by atoms with E-state index < -0.39 is 0 Å². The Morgan fingerprint density at radius 2 is 2.06 bits per heavy atom. The van der Waals surface area contributed by atoms with E-state index in [-0.39, 0.29) is 5.91 Å². The third-order valence-corrected chi connectivity index (χ3v) is 2.78. The summed E-state index contributed by atoms with van der Waals surface area (Å²) in [5, 5.41) is 2.86. The highest BCUT2D eigenvalue weighted by molar-refractivity contribution is 6.04. The van der Waals surface area contributed by atoms with E-state index in [1.165, 1.54) is 6.20 Å². The first kappa shape index (κ1) is 12.1. The monoisotopic (exact) mass is 241 g/mol. The van der Waals surface area contributed by atoms with Crippen LogP contribution in [0.1, 0.15) is 21.5 Å². The van der Waals surface area contributed by atoms with Gasteiger partial charge in [-0.3, -0.25) is 9.78 Å². The quantitative estimate of drug-likeness (QED) is 0.794. The number of aromatic nitrogens is 1. The fraction of sp³-hybridized carbons (Fsp3) is 0.143. The number of amides is 1. The van der Waals surface area contributed by atoms with Crippen LogP contribution in [-0.4, -0.2) is 10.9 Å². The second-order valence-electron chi connectivity index (χ2n) is 4.22. The standard InChI is InChI=1S/C14H15N3O/c1-9-7-13(10(2)6-12(9)15)17-14(18)11-4-3-5-16-8-11/h3-8H,15H2,1-2H3,(H,17,18). The molecule has 1 amide bonds. The minimum atomic E-state index is -0.171. The van der Waals surface area contributed by atoms with Crippen LogP contribution in [0.3, 0.4) is 0 Å². The molecule has 0 atom stereocenters. The normalized spacial score (nSPS) is 10.1. The Balaban J connectivity index is 2.25. The molecule has 0 radical (unpaired) electrons. The minimum absolute atomic E-state index is 0.171. The maximum Gasteiger partial charge on any atom is 0.257 e. The molecule has 1 heterocycles. The molecule has 0 bridgehead atoms. The number of carbonyl (C=O) groups excluding carboxylic acids is 1. The Morgan fingerprint density at radius 1 is 1.28 bits per heavy atom. The van der Waals surface area contributed by atoms with E-state index in [1.807, 2.05) is 26.0 Å². The molecule has 0 saturated heterocycles. The van der Waals surface area contributed by atoms with Gasteiger partial charge in [0.2, 0.25) is 0 Å². The van der Waals surface area contributed by atoms with E-state index in [4.69, 9.17) is 5.73 Å². The molecule has 2 rings (SSSR count). The van der Waals surface area contributed by atoms with E-state index >= 15 is 0 Å². The van der Waals surface area contributed by atoms with Crippen molar-refractivity contribution >= 4 is 17.3 Å². The molecule has 4 nitrogen and oxygen atoms in total. The molecule has 0 unspecified atom stereocenters. The highest BCUT2D eigenvalue weighted by atomic mass is 16.1. The summed E-state index contributed by atoms with van der Waals surface area (Å²) >= 11 is 0. The highest BCUT2D eigenvalue weighted by Gasteiger charge is 2.08. The molecule has 0 spiro atoms. The number of aryl methyl sites for hydroxylation is 2. The van der Waals surface area contributed by atoms with Gasteiger partial charge in [-0.25, -0.2) is 0 Å². The number of nitrogen functional groups attached to an aromatic ring is 1. The molecule has 4 heteroatoms. The van der Waals surface area contributed by atoms with Crippen molar-refractivity contribution < 1.29 is 4.79 Å². The van der Waals surface area contributed by atoms with Crippen LogP contribution in [0.5, 0.6) is 0 Å². The van der Waals surface area contributed by atoms with Crippen molar-refractivity contribution in [1.29, 1.82) is 0 Å². The van der Waals surface area contributed by atoms with Crippen LogP contribution in [0.4, 0.5) is 11.4 Å². The third-order valence-electron chi connectivity index (χ3n) is 2.78. The van der Waals surface area contributed by atoms with Gasteiger partial charge in [0, 0.05) is 23.8 Å². The number of nitrogens with zero attached hydrogens (tertiary/aromatic N) is 1. The van der Waals surface area contributed by atoms with Crippen molar-refractivity contribution in [3.05, 3.63) is 53.3 Å². The fourth-order valence-corrected chi connectivity index (χ4v) is 1.66. The van der Waals surface area contributed by atoms with E-state index in [2.05, 4.69) is 10.3 Å². The first-order valence-electron chi connectivity index (χ1n) is 5.66. The Bertz CT molecular complexity index is 579. The van der Waals surface area contributed by atoms with Crippen molar-refractivity contribution in [2.75, 3.05) is 11.1 Å². The van der Waals surface area contributed by atoms with Crippen LogP contribution in [0.2, 0.25) is 0 Å². The Labute approximate surface area is 106 Å². The van der Waals surface area contributed by atoms with Crippen molar-refractivity contribution in [3.63, 3.8) is 0 Å². The number of carbonyl (C=O) groups is 1. The van der Waals surface area contributed by atoms with Crippen molar-refractivity contribution in [1.82, 2.24) is 4.98 Å². The van der Waals surface area contributed by atoms with Crippen LogP contribution >= 0.6 is 0 Å². The van der Waals surface area contributed by atoms with Gasteiger partial charge >= 0.3 is 0 Å². The molecule has 0 aliphatic rings. The molecule has 3 N–H and O–H groups in total. The van der Waals surface area contributed by atoms with Crippen LogP contribution in [0, 0.1) is 13.8 Å². The van der Waals surface area contributed by atoms with Gasteiger partial charge in [-0.05, 0) is 49.2 Å². The summed E-state index contributed by atoms with van der Waals surface area (Å²) in [4.78, 5) is 15.9. The first-order valence-corrected chi connectivity index (χ1v) is 5.66. The smallest absolute Gasteiger partial charge is 0.257 e. The van der Waals surface area contributed by atoms with Crippen molar-refractivity contribution in [2.45, 2.75) is 13.8 Å². The molecule has 0 saturated carbocycles. The summed E-state index contributed by atoms with van der Waals surface area (Å²) in [6.07, 6.45) is 3.17. The number of hydrogen-bond donors (Lipinski definition) is 2. The molecule has 1 aromatic heterocycles. The topological polar surface area (TPSA) is 68.0 Å². The van der Waals surface area contributed by atoms with Gasteiger partial charge in [-0.1, -0.05) is 0 Å². The van der Waals surface area contributed by atoms with Gasteiger partial charge in [0.05, 0.1) is 5.56 Å². The van der Waals surface area contributed by atoms with Gasteiger partial charge in [-0.2, -0.15) is 0 Å². The number of rotatable bonds is 2. The predicted octanol–water partition coefficient (Wildman–Crippen LogP) is 2.53. The van der Waals surface area contributed by atoms with Gasteiger partial charge in [0.1, 0.15) is 0 Å². The number of pyridine rings is 1. The Kier molecular flexibility index (Phi) is 3.28. The van der Waals surface area contributed by atoms with Crippen LogP contribution in [-0.2, 0) is 0 Å². The van der Waals surface area contributed by atoms with E-state index in [0.29, 0.717) is 5.56 Å². The molecule has 0 aliphatic carbocycles. The lowest BCUT2D eigenvalue weighted by Gasteiger charge is -2.11. The Morgan fingerprint density at radius 3 is 2.72 bits per heavy atom. The van der Waals surface area contributed by atoms with Crippen molar-refractivity contribution in [3.8, 4) is 0 Å². The maximum atomic E-state index is 12.0. The highest BCUT2D eigenvalue weighted by Crippen LogP contribution is 2.22. The Hall–Kier alpha value is -2.36. The van der Waals surface area contributed by atoms with E-state index in [9.17, 15) is 4.79 Å². The average molecular weight is 241 g/mol. The second kappa shape index (κ2) is 4.87. The van der Waals surface area contributed by atoms with Crippen LogP contribution in [0.25, 0.3) is 0 Å². The average Bonchev–Trinajstić information content (AvgIpc) is 2.37. The molecule has 0 fully saturated rings. The SMILES string of the molecule is Cc1cc(NC(=O)c2cccnc2)c(C)cc1N. The second-order valence-corrected chi connectivity index (χ2v) is 4.22. The lowest BCUT2D eigenvalue weighted by molar-refractivity contribution is 0.102. The van der Waals surface area contributed by atoms with Gasteiger partial charge < -0.3 is 11.1 Å². The van der Waals surface area contributed by atoms with Gasteiger partial charge in [-0.15, -0.1) is 0 Å². The van der Waals surface area contributed by atoms with Gasteiger partial charge in [0.25, 0.3) is 5.91 Å². The van der Waals surface area contributed by atoms with E-state index in [0.717, 1.165) is 22.5 Å². The molecular formula is C14H15N3O. The number of benzene rings is 1. The van der Waals surface area contributed by atoms with Crippen molar-refractivity contribution in [2.24, 2.45) is 0 Å². The number of anilines is 2. The summed E-state index contributed by atoms with van der Waals surface area (Å²) < 4.78 is 0. The zero-order valence-electron chi connectivity index (χ0n) is 10.4. The zero-order valence-corrected chi connectivity index (χ0v) is 10.4. The summed E-state index contributed by atoms with van der Waals surface area (Å²) in [5.74, 6) is -0.171. The molecule has 92 valence electrons. The zero-order chi connectivity index (χ0) is 13.1. The largest absolute Gasteiger partial charge is 0.399 e. The summed E-state index contributed by atoms with van der Waals surface area (Å²) in [7, 11) is 0. The molecule has 1 aromatic carbocycles. The molecule has 0 aliphatic heterocycles. The third kappa shape index (κ3) is 2.48. The number of nitrogens with one attached hydrogen (secondary N) is 1. The van der Waals surface area contributed by atoms with Gasteiger partial charge in [0.15, 0.2) is 0 Å². The number of nitrogens with two attached hydrogens (primary N) is 1. The lowest BCUT2D eigenvalue weighted by atomic mass is 10.1. The number of hydrogen-bond acceptors (Lipinski definition) is 3. The van der Waals surface area contributed by atoms with Crippen LogP contribution < -0.4 is 11.1 Å².